The van der Waals surface area contributed by atoms with E-state index in [0.29, 0.717) is 0 Å². The van der Waals surface area contributed by atoms with E-state index in [1.807, 2.05) is 0 Å². The minimum Gasteiger partial charge on any atom is -0.493 e. The lowest BCUT2D eigenvalue weighted by Gasteiger charge is -2.19. The normalized spacial score (nSPS) is 14.8. The van der Waals surface area contributed by atoms with Crippen molar-refractivity contribution in [1.82, 2.24) is 0 Å². The largest absolute Gasteiger partial charge is 0.493 e. The van der Waals surface area contributed by atoms with Gasteiger partial charge >= 0.3 is 0 Å². The minimum absolute atomic E-state index is 0.777. The van der Waals surface area contributed by atoms with Crippen LogP contribution in [0.4, 0.5) is 0 Å². The van der Waals surface area contributed by atoms with Gasteiger partial charge in [-0.25, -0.2) is 0 Å². The molecule has 1 aliphatic rings. The molecule has 0 aliphatic carbocycles. The van der Waals surface area contributed by atoms with Crippen molar-refractivity contribution in [2.75, 3.05) is 6.61 Å². The Kier molecular flexibility index (Phi) is 2.58. The van der Waals surface area contributed by atoms with Gasteiger partial charge in [-0.05, 0) is 29.7 Å². The molecule has 1 aliphatic heterocycles. The summed E-state index contributed by atoms with van der Waals surface area (Å²) >= 11 is 0. The highest BCUT2D eigenvalue weighted by molar-refractivity contribution is 5.70. The highest BCUT2D eigenvalue weighted by atomic mass is 16.5. The third kappa shape index (κ3) is 1.67. The first-order chi connectivity index (χ1) is 6.81. The Bertz CT molecular complexity index is 352. The van der Waals surface area contributed by atoms with E-state index < -0.39 is 0 Å². The van der Waals surface area contributed by atoms with E-state index in [1.165, 1.54) is 23.1 Å². The molecule has 0 fully saturated rings. The van der Waals surface area contributed by atoms with E-state index in [2.05, 4.69) is 31.7 Å². The zero-order valence-corrected chi connectivity index (χ0v) is 8.68. The standard InChI is InChI=1S/C13H16O/c1-3-4-11-5-6-13-12(9-11)10(2)7-8-14-13/h5-6,9H,2-4,7-8H2,1H3. The lowest BCUT2D eigenvalue weighted by atomic mass is 9.98. The topological polar surface area (TPSA) is 9.23 Å². The Labute approximate surface area is 85.4 Å². The number of benzene rings is 1. The molecule has 74 valence electrons. The summed E-state index contributed by atoms with van der Waals surface area (Å²) in [7, 11) is 0. The minimum atomic E-state index is 0.777. The Morgan fingerprint density at radius 1 is 1.43 bits per heavy atom. The van der Waals surface area contributed by atoms with Gasteiger partial charge in [-0.3, -0.25) is 0 Å². The van der Waals surface area contributed by atoms with Gasteiger partial charge in [0.15, 0.2) is 0 Å². The maximum atomic E-state index is 5.57. The molecule has 0 unspecified atom stereocenters. The fraction of sp³-hybridized carbons (Fsp3) is 0.385. The van der Waals surface area contributed by atoms with Crippen LogP contribution in [0.25, 0.3) is 5.57 Å². The Hall–Kier alpha value is -1.24. The van der Waals surface area contributed by atoms with E-state index in [-0.39, 0.29) is 0 Å². The predicted octanol–water partition coefficient (Wildman–Crippen LogP) is 3.43. The number of ether oxygens (including phenoxy) is 1. The van der Waals surface area contributed by atoms with E-state index in [9.17, 15) is 0 Å². The molecule has 2 rings (SSSR count). The summed E-state index contributed by atoms with van der Waals surface area (Å²) in [6.45, 7) is 7.05. The number of aryl methyl sites for hydroxylation is 1. The molecule has 1 heteroatoms. The molecule has 0 saturated carbocycles. The zero-order valence-electron chi connectivity index (χ0n) is 8.68. The number of hydrogen-bond acceptors (Lipinski definition) is 1. The van der Waals surface area contributed by atoms with Crippen molar-refractivity contribution in [2.45, 2.75) is 26.2 Å². The summed E-state index contributed by atoms with van der Waals surface area (Å²) in [5, 5.41) is 0. The first-order valence-corrected chi connectivity index (χ1v) is 5.25. The first-order valence-electron chi connectivity index (χ1n) is 5.25. The monoisotopic (exact) mass is 188 g/mol. The Morgan fingerprint density at radius 3 is 3.07 bits per heavy atom. The molecule has 0 N–H and O–H groups in total. The molecule has 1 nitrogen and oxygen atoms in total. The second-order valence-electron chi connectivity index (χ2n) is 3.78. The lowest BCUT2D eigenvalue weighted by Crippen LogP contribution is -2.07. The summed E-state index contributed by atoms with van der Waals surface area (Å²) in [4.78, 5) is 0. The molecule has 0 radical (unpaired) electrons. The van der Waals surface area contributed by atoms with Crippen LogP contribution in [0, 0.1) is 0 Å². The quantitative estimate of drug-likeness (QED) is 0.690. The summed E-state index contributed by atoms with van der Waals surface area (Å²) in [6, 6.07) is 6.45. The van der Waals surface area contributed by atoms with E-state index in [4.69, 9.17) is 4.74 Å². The van der Waals surface area contributed by atoms with E-state index in [0.717, 1.165) is 25.2 Å². The second-order valence-corrected chi connectivity index (χ2v) is 3.78. The molecule has 0 amide bonds. The molecule has 0 atom stereocenters. The summed E-state index contributed by atoms with van der Waals surface area (Å²) in [6.07, 6.45) is 3.29. The van der Waals surface area contributed by atoms with Gasteiger partial charge in [0.1, 0.15) is 5.75 Å². The lowest BCUT2D eigenvalue weighted by molar-refractivity contribution is 0.316. The molecule has 1 aromatic rings. The van der Waals surface area contributed by atoms with Crippen molar-refractivity contribution in [1.29, 1.82) is 0 Å². The Balaban J connectivity index is 2.36. The van der Waals surface area contributed by atoms with Crippen molar-refractivity contribution in [2.24, 2.45) is 0 Å². The van der Waals surface area contributed by atoms with E-state index in [1.54, 1.807) is 0 Å². The highest BCUT2D eigenvalue weighted by Crippen LogP contribution is 2.32. The molecule has 14 heavy (non-hydrogen) atoms. The van der Waals surface area contributed by atoms with Crippen LogP contribution >= 0.6 is 0 Å². The van der Waals surface area contributed by atoms with Gasteiger partial charge in [0, 0.05) is 12.0 Å². The van der Waals surface area contributed by atoms with Gasteiger partial charge in [-0.2, -0.15) is 0 Å². The summed E-state index contributed by atoms with van der Waals surface area (Å²) < 4.78 is 5.57. The van der Waals surface area contributed by atoms with Gasteiger partial charge in [0.05, 0.1) is 6.61 Å². The molecule has 0 saturated heterocycles. The smallest absolute Gasteiger partial charge is 0.126 e. The van der Waals surface area contributed by atoms with Gasteiger partial charge in [0.2, 0.25) is 0 Å². The summed E-state index contributed by atoms with van der Waals surface area (Å²) in [5.41, 5.74) is 3.81. The van der Waals surface area contributed by atoms with Gasteiger partial charge in [-0.1, -0.05) is 26.0 Å². The molecular weight excluding hydrogens is 172 g/mol. The first kappa shape index (κ1) is 9.32. The highest BCUT2D eigenvalue weighted by Gasteiger charge is 2.13. The Morgan fingerprint density at radius 2 is 2.29 bits per heavy atom. The number of hydrogen-bond donors (Lipinski definition) is 0. The molecule has 1 heterocycles. The molecular formula is C13H16O. The average molecular weight is 188 g/mol. The molecule has 0 spiro atoms. The van der Waals surface area contributed by atoms with Crippen LogP contribution in [0.2, 0.25) is 0 Å². The molecule has 0 aromatic heterocycles. The number of rotatable bonds is 2. The third-order valence-electron chi connectivity index (χ3n) is 2.62. The van der Waals surface area contributed by atoms with Crippen LogP contribution in [0.1, 0.15) is 30.9 Å². The van der Waals surface area contributed by atoms with Gasteiger partial charge < -0.3 is 4.74 Å². The molecule has 0 bridgehead atoms. The van der Waals surface area contributed by atoms with Crippen LogP contribution < -0.4 is 4.74 Å². The van der Waals surface area contributed by atoms with Crippen LogP contribution in [-0.2, 0) is 6.42 Å². The third-order valence-corrected chi connectivity index (χ3v) is 2.62. The fourth-order valence-corrected chi connectivity index (χ4v) is 1.84. The summed E-state index contributed by atoms with van der Waals surface area (Å²) in [5.74, 6) is 1.00. The van der Waals surface area contributed by atoms with Crippen molar-refractivity contribution in [3.8, 4) is 5.75 Å². The van der Waals surface area contributed by atoms with Gasteiger partial charge in [-0.15, -0.1) is 0 Å². The van der Waals surface area contributed by atoms with Crippen LogP contribution in [0.15, 0.2) is 24.8 Å². The predicted molar refractivity (Wildman–Crippen MR) is 59.6 cm³/mol. The SMILES string of the molecule is C=C1CCOc2ccc(CCC)cc21. The zero-order chi connectivity index (χ0) is 9.97. The fourth-order valence-electron chi connectivity index (χ4n) is 1.84. The van der Waals surface area contributed by atoms with Crippen molar-refractivity contribution >= 4 is 5.57 Å². The van der Waals surface area contributed by atoms with Crippen molar-refractivity contribution < 1.29 is 4.74 Å². The van der Waals surface area contributed by atoms with Crippen LogP contribution in [-0.4, -0.2) is 6.61 Å². The number of fused-ring (bicyclic) bond motifs is 1. The van der Waals surface area contributed by atoms with Crippen molar-refractivity contribution in [3.63, 3.8) is 0 Å². The van der Waals surface area contributed by atoms with E-state index >= 15 is 0 Å². The maximum Gasteiger partial charge on any atom is 0.126 e. The van der Waals surface area contributed by atoms with Crippen LogP contribution in [0.3, 0.4) is 0 Å². The van der Waals surface area contributed by atoms with Gasteiger partial charge in [0.25, 0.3) is 0 Å². The molecule has 1 aromatic carbocycles. The van der Waals surface area contributed by atoms with Crippen molar-refractivity contribution in [3.05, 3.63) is 35.9 Å². The van der Waals surface area contributed by atoms with Crippen LogP contribution in [0.5, 0.6) is 5.75 Å². The maximum absolute atomic E-state index is 5.57. The second kappa shape index (κ2) is 3.87. The average Bonchev–Trinajstić information content (AvgIpc) is 2.20.